The van der Waals surface area contributed by atoms with Crippen LogP contribution in [0, 0.1) is 0 Å². The third kappa shape index (κ3) is 7.87. The zero-order valence-electron chi connectivity index (χ0n) is 21.2. The highest BCUT2D eigenvalue weighted by Crippen LogP contribution is 2.37. The van der Waals surface area contributed by atoms with E-state index in [4.69, 9.17) is 21.1 Å². The highest BCUT2D eigenvalue weighted by molar-refractivity contribution is 7.86. The number of ether oxygens (including phenoxy) is 2. The molecule has 1 atom stereocenters. The highest BCUT2D eigenvalue weighted by Gasteiger charge is 2.34. The summed E-state index contributed by atoms with van der Waals surface area (Å²) < 4.78 is 63.7. The molecule has 9 nitrogen and oxygen atoms in total. The first-order valence-corrected chi connectivity index (χ1v) is 14.4. The van der Waals surface area contributed by atoms with Gasteiger partial charge in [-0.1, -0.05) is 30.9 Å². The molecule has 4 rings (SSSR count). The maximum atomic E-state index is 13.5. The van der Waals surface area contributed by atoms with Crippen LogP contribution < -0.4 is 25.0 Å². The molecule has 0 unspecified atom stereocenters. The topological polar surface area (TPSA) is 114 Å². The molecule has 216 valence electrons. The molecule has 40 heavy (non-hydrogen) atoms. The van der Waals surface area contributed by atoms with Crippen molar-refractivity contribution < 1.29 is 41.2 Å². The predicted octanol–water partition coefficient (Wildman–Crippen LogP) is 4.26. The van der Waals surface area contributed by atoms with E-state index in [2.05, 4.69) is 10.6 Å². The van der Waals surface area contributed by atoms with Crippen molar-refractivity contribution in [3.63, 3.8) is 0 Å². The Balaban J connectivity index is 1.44. The van der Waals surface area contributed by atoms with Crippen LogP contribution >= 0.6 is 11.6 Å². The Morgan fingerprint density at radius 3 is 2.42 bits per heavy atom. The van der Waals surface area contributed by atoms with E-state index in [1.165, 1.54) is 12.1 Å². The van der Waals surface area contributed by atoms with Crippen LogP contribution in [0.4, 0.5) is 24.5 Å². The van der Waals surface area contributed by atoms with Crippen LogP contribution in [0.3, 0.4) is 0 Å². The lowest BCUT2D eigenvalue weighted by Gasteiger charge is -2.27. The average molecular weight is 602 g/mol. The molecule has 14 heteroatoms. The summed E-state index contributed by atoms with van der Waals surface area (Å²) in [5.74, 6) is -2.42. The summed E-state index contributed by atoms with van der Waals surface area (Å²) in [6.45, 7) is -0.541. The van der Waals surface area contributed by atoms with Gasteiger partial charge in [-0.2, -0.15) is 13.2 Å². The summed E-state index contributed by atoms with van der Waals surface area (Å²) >= 11 is 5.73. The predicted molar refractivity (Wildman–Crippen MR) is 143 cm³/mol. The maximum absolute atomic E-state index is 13.5. The fourth-order valence-electron chi connectivity index (χ4n) is 4.47. The smallest absolute Gasteiger partial charge is 0.417 e. The number of amides is 3. The third-order valence-electron chi connectivity index (χ3n) is 6.37. The molecule has 2 aliphatic rings. The lowest BCUT2D eigenvalue weighted by atomic mass is 9.95. The number of nitrogens with one attached hydrogen (secondary N) is 2. The number of hydrogen-bond donors (Lipinski definition) is 2. The molecule has 1 fully saturated rings. The maximum Gasteiger partial charge on any atom is 0.417 e. The Morgan fingerprint density at radius 1 is 0.975 bits per heavy atom. The molecule has 2 aromatic carbocycles. The molecule has 0 saturated heterocycles. The summed E-state index contributed by atoms with van der Waals surface area (Å²) in [6, 6.07) is 7.42. The van der Waals surface area contributed by atoms with Crippen LogP contribution in [0.25, 0.3) is 0 Å². The lowest BCUT2D eigenvalue weighted by Crippen LogP contribution is -2.46. The Bertz CT molecular complexity index is 1300. The van der Waals surface area contributed by atoms with Gasteiger partial charge in [0, 0.05) is 34.3 Å². The third-order valence-corrected chi connectivity index (χ3v) is 7.86. The first-order valence-electron chi connectivity index (χ1n) is 12.5. The number of nitrogens with zero attached hydrogens (tertiary/aromatic N) is 1. The number of alkyl halides is 3. The van der Waals surface area contributed by atoms with Gasteiger partial charge < -0.3 is 25.0 Å². The van der Waals surface area contributed by atoms with Gasteiger partial charge in [0.2, 0.25) is 24.5 Å². The van der Waals surface area contributed by atoms with Crippen molar-refractivity contribution >= 4 is 51.5 Å². The molecule has 2 N–H and O–H groups in total. The summed E-state index contributed by atoms with van der Waals surface area (Å²) in [6.07, 6.45) is -0.347. The number of carbonyl (C=O) groups excluding carboxylic acids is 3. The number of fused-ring (bicyclic) bond motifs is 1. The Morgan fingerprint density at radius 2 is 1.70 bits per heavy atom. The van der Waals surface area contributed by atoms with Crippen LogP contribution in [-0.4, -0.2) is 52.8 Å². The average Bonchev–Trinajstić information content (AvgIpc) is 3.35. The van der Waals surface area contributed by atoms with Gasteiger partial charge in [0.15, 0.2) is 11.5 Å². The zero-order chi connectivity index (χ0) is 28.9. The molecule has 0 bridgehead atoms. The van der Waals surface area contributed by atoms with Crippen molar-refractivity contribution in [2.24, 2.45) is 0 Å². The monoisotopic (exact) mass is 601 g/mol. The van der Waals surface area contributed by atoms with Gasteiger partial charge in [-0.15, -0.1) is 0 Å². The van der Waals surface area contributed by atoms with E-state index in [1.54, 1.807) is 12.1 Å². The summed E-state index contributed by atoms with van der Waals surface area (Å²) in [7, 11) is -2.03. The molecule has 0 spiro atoms. The largest absolute Gasteiger partial charge is 0.454 e. The van der Waals surface area contributed by atoms with Crippen LogP contribution in [0.5, 0.6) is 11.5 Å². The van der Waals surface area contributed by atoms with Crippen molar-refractivity contribution in [1.82, 2.24) is 5.32 Å². The normalized spacial score (nSPS) is 15.8. The van der Waals surface area contributed by atoms with E-state index in [0.717, 1.165) is 43.1 Å². The van der Waals surface area contributed by atoms with Gasteiger partial charge in [-0.05, 0) is 43.2 Å². The zero-order valence-corrected chi connectivity index (χ0v) is 22.8. The van der Waals surface area contributed by atoms with Gasteiger partial charge in [0.25, 0.3) is 0 Å². The Labute approximate surface area is 235 Å². The van der Waals surface area contributed by atoms with Crippen LogP contribution in [0.1, 0.15) is 37.7 Å². The highest BCUT2D eigenvalue weighted by atomic mass is 35.5. The minimum Gasteiger partial charge on any atom is -0.454 e. The van der Waals surface area contributed by atoms with Gasteiger partial charge in [0.05, 0.1) is 10.6 Å². The molecule has 2 aromatic rings. The first-order chi connectivity index (χ1) is 19.0. The fraction of sp³-hybridized carbons (Fsp3) is 0.423. The van der Waals surface area contributed by atoms with Crippen molar-refractivity contribution in [1.29, 1.82) is 0 Å². The lowest BCUT2D eigenvalue weighted by molar-refractivity contribution is -0.137. The molecule has 3 amide bonds. The Kier molecular flexibility index (Phi) is 9.56. The number of anilines is 2. The standard InChI is InChI=1S/C26H27ClF3N3O6S/c27-20-8-7-18(11-19(20)26(28,29)30)33(12-23(34)31-16-4-2-1-3-5-16)25(36)14-40(37)13-24(35)32-17-6-9-21-22(10-17)39-15-38-21/h6-11,16H,1-5,12-15H2,(H,31,34)(H,32,35)/t40-/m1/s1. The van der Waals surface area contributed by atoms with Crippen molar-refractivity contribution in [3.8, 4) is 11.5 Å². The van der Waals surface area contributed by atoms with E-state index in [-0.39, 0.29) is 18.5 Å². The quantitative estimate of drug-likeness (QED) is 0.444. The van der Waals surface area contributed by atoms with E-state index in [9.17, 15) is 31.8 Å². The molecule has 1 aliphatic heterocycles. The number of benzene rings is 2. The van der Waals surface area contributed by atoms with Gasteiger partial charge in [-0.25, -0.2) is 0 Å². The second-order valence-corrected chi connectivity index (χ2v) is 11.3. The molecule has 1 heterocycles. The van der Waals surface area contributed by atoms with E-state index >= 15 is 0 Å². The molecule has 0 aromatic heterocycles. The molecule has 0 radical (unpaired) electrons. The molecule has 1 aliphatic carbocycles. The van der Waals surface area contributed by atoms with Gasteiger partial charge >= 0.3 is 6.18 Å². The number of rotatable bonds is 9. The van der Waals surface area contributed by atoms with Crippen LogP contribution in [0.15, 0.2) is 36.4 Å². The summed E-state index contributed by atoms with van der Waals surface area (Å²) in [5.41, 5.74) is -1.05. The minimum atomic E-state index is -4.80. The van der Waals surface area contributed by atoms with Crippen LogP contribution in [-0.2, 0) is 31.4 Å². The van der Waals surface area contributed by atoms with E-state index < -0.39 is 63.3 Å². The molecule has 1 saturated carbocycles. The molecular weight excluding hydrogens is 575 g/mol. The minimum absolute atomic E-state index is 0.0477. The van der Waals surface area contributed by atoms with Crippen LogP contribution in [0.2, 0.25) is 5.02 Å². The Hall–Kier alpha value is -3.32. The second kappa shape index (κ2) is 12.9. The SMILES string of the molecule is O=C(C[S@@](=O)CC(=O)N(CC(=O)NC1CCCCC1)c1ccc(Cl)c(C(F)(F)F)c1)Nc1ccc2c(c1)OCO2. The van der Waals surface area contributed by atoms with Gasteiger partial charge in [0.1, 0.15) is 18.1 Å². The number of halogens is 4. The van der Waals surface area contributed by atoms with Crippen molar-refractivity contribution in [3.05, 3.63) is 47.0 Å². The first kappa shape index (κ1) is 29.7. The molecular formula is C26H27ClF3N3O6S. The summed E-state index contributed by atoms with van der Waals surface area (Å²) in [4.78, 5) is 39.2. The van der Waals surface area contributed by atoms with Crippen molar-refractivity contribution in [2.75, 3.05) is 35.1 Å². The fourth-order valence-corrected chi connectivity index (χ4v) is 5.59. The number of hydrogen-bond acceptors (Lipinski definition) is 6. The van der Waals surface area contributed by atoms with E-state index in [1.807, 2.05) is 0 Å². The second-order valence-electron chi connectivity index (χ2n) is 9.39. The van der Waals surface area contributed by atoms with Crippen molar-refractivity contribution in [2.45, 2.75) is 44.3 Å². The summed E-state index contributed by atoms with van der Waals surface area (Å²) in [5, 5.41) is 4.80. The van der Waals surface area contributed by atoms with Gasteiger partial charge in [-0.3, -0.25) is 18.6 Å². The van der Waals surface area contributed by atoms with E-state index in [0.29, 0.717) is 23.3 Å². The number of carbonyl (C=O) groups is 3.